The first-order valence-electron chi connectivity index (χ1n) is 13.4. The summed E-state index contributed by atoms with van der Waals surface area (Å²) < 4.78 is 33.6. The van der Waals surface area contributed by atoms with Gasteiger partial charge in [-0.3, -0.25) is 9.35 Å². The van der Waals surface area contributed by atoms with Gasteiger partial charge in [0.15, 0.2) is 6.20 Å². The minimum Gasteiger partial charge on any atom is -0.481 e. The Morgan fingerprint density at radius 2 is 1.77 bits per heavy atom. The monoisotopic (exact) mass is 549 g/mol. The number of anilines is 1. The lowest BCUT2D eigenvalue weighted by molar-refractivity contribution is -0.671. The van der Waals surface area contributed by atoms with Crippen LogP contribution < -0.4 is 9.47 Å². The summed E-state index contributed by atoms with van der Waals surface area (Å²) in [5.74, 6) is -1.02. The minimum absolute atomic E-state index is 0.179. The summed E-state index contributed by atoms with van der Waals surface area (Å²) in [7, 11) is -4.00. The maximum absolute atomic E-state index is 11.2. The van der Waals surface area contributed by atoms with Gasteiger partial charge < -0.3 is 10.0 Å². The van der Waals surface area contributed by atoms with Gasteiger partial charge >= 0.3 is 5.97 Å². The third kappa shape index (κ3) is 7.13. The highest BCUT2D eigenvalue weighted by atomic mass is 32.2. The number of nitrogens with zero attached hydrogens (tertiary/aromatic N) is 2. The van der Waals surface area contributed by atoms with Gasteiger partial charge in [-0.2, -0.15) is 13.0 Å². The second kappa shape index (κ2) is 12.1. The Hall–Kier alpha value is -3.49. The zero-order valence-electron chi connectivity index (χ0n) is 22.6. The molecule has 0 saturated carbocycles. The van der Waals surface area contributed by atoms with Crippen LogP contribution in [0.1, 0.15) is 57.1 Å². The summed E-state index contributed by atoms with van der Waals surface area (Å²) in [4.78, 5) is 13.2. The molecule has 2 aromatic carbocycles. The molecule has 0 atom stereocenters. The molecule has 1 aliphatic heterocycles. The molecular formula is C31H37N2O5S+. The Morgan fingerprint density at radius 3 is 2.54 bits per heavy atom. The number of fused-ring (bicyclic) bond motifs is 2. The zero-order valence-corrected chi connectivity index (χ0v) is 23.4. The Bertz CT molecular complexity index is 1510. The standard InChI is InChI=1S/C31H36N2O5S/c1-31(2)26-14-6-8-16-28(26)33(20-9-3-4-18-30(34)35)29(31)17-10-12-24-22-25-13-5-7-15-27(25)32(23-24)19-11-21-39(36,37)38/h5-8,10,12-17,22-23H,3-4,9,11,18-21H2,1-2H3,(H-,34,35,36,37,38)/p+1/b12-10+,29-17+. The van der Waals surface area contributed by atoms with Gasteiger partial charge in [0.05, 0.1) is 5.75 Å². The van der Waals surface area contributed by atoms with Gasteiger partial charge in [0, 0.05) is 53.2 Å². The molecule has 0 unspecified atom stereocenters. The second-order valence-electron chi connectivity index (χ2n) is 10.6. The van der Waals surface area contributed by atoms with E-state index >= 15 is 0 Å². The fourth-order valence-electron chi connectivity index (χ4n) is 5.39. The summed E-state index contributed by atoms with van der Waals surface area (Å²) in [6.07, 6.45) is 11.3. The third-order valence-electron chi connectivity index (χ3n) is 7.29. The van der Waals surface area contributed by atoms with E-state index in [0.29, 0.717) is 19.4 Å². The maximum Gasteiger partial charge on any atom is 0.303 e. The summed E-state index contributed by atoms with van der Waals surface area (Å²) in [5, 5.41) is 10.00. The predicted molar refractivity (Wildman–Crippen MR) is 155 cm³/mol. The smallest absolute Gasteiger partial charge is 0.303 e. The van der Waals surface area contributed by atoms with E-state index in [1.807, 2.05) is 35.0 Å². The fraction of sp³-hybridized carbons (Fsp3) is 0.355. The van der Waals surface area contributed by atoms with Crippen LogP contribution in [0.5, 0.6) is 0 Å². The quantitative estimate of drug-likeness (QED) is 0.170. The number of hydrogen-bond donors (Lipinski definition) is 2. The number of rotatable bonds is 12. The lowest BCUT2D eigenvalue weighted by atomic mass is 9.83. The van der Waals surface area contributed by atoms with Crippen LogP contribution in [-0.4, -0.2) is 36.3 Å². The molecule has 0 fully saturated rings. The Labute approximate surface area is 230 Å². The first-order chi connectivity index (χ1) is 18.6. The Balaban J connectivity index is 1.59. The molecule has 3 aromatic rings. The molecule has 0 aliphatic carbocycles. The molecule has 0 spiro atoms. The summed E-state index contributed by atoms with van der Waals surface area (Å²) in [6.45, 7) is 5.76. The number of aromatic nitrogens is 1. The highest BCUT2D eigenvalue weighted by Crippen LogP contribution is 2.47. The molecule has 0 bridgehead atoms. The number of hydrogen-bond acceptors (Lipinski definition) is 4. The van der Waals surface area contributed by atoms with Gasteiger partial charge in [0.1, 0.15) is 6.54 Å². The van der Waals surface area contributed by atoms with Crippen LogP contribution in [-0.2, 0) is 26.9 Å². The minimum atomic E-state index is -4.00. The van der Waals surface area contributed by atoms with Crippen LogP contribution in [0.3, 0.4) is 0 Å². The number of allylic oxidation sites excluding steroid dienone is 3. The van der Waals surface area contributed by atoms with Crippen LogP contribution in [0, 0.1) is 0 Å². The van der Waals surface area contributed by atoms with Crippen LogP contribution >= 0.6 is 0 Å². The normalized spacial score (nSPS) is 15.9. The van der Waals surface area contributed by atoms with Crippen molar-refractivity contribution in [2.24, 2.45) is 0 Å². The average molecular weight is 550 g/mol. The third-order valence-corrected chi connectivity index (χ3v) is 8.09. The molecule has 206 valence electrons. The van der Waals surface area contributed by atoms with Gasteiger partial charge in [0.2, 0.25) is 5.52 Å². The number of carboxylic acids is 1. The first kappa shape index (κ1) is 28.5. The number of aryl methyl sites for hydroxylation is 1. The zero-order chi connectivity index (χ0) is 28.0. The van der Waals surface area contributed by atoms with E-state index in [2.05, 4.69) is 67.3 Å². The number of para-hydroxylation sites is 2. The molecule has 7 nitrogen and oxygen atoms in total. The van der Waals surface area contributed by atoms with Gasteiger partial charge in [-0.1, -0.05) is 56.7 Å². The molecule has 1 aliphatic rings. The van der Waals surface area contributed by atoms with Crippen LogP contribution in [0.25, 0.3) is 17.0 Å². The van der Waals surface area contributed by atoms with Crippen molar-refractivity contribution in [2.75, 3.05) is 17.2 Å². The van der Waals surface area contributed by atoms with Crippen molar-refractivity contribution >= 4 is 38.8 Å². The number of aliphatic carboxylic acids is 1. The van der Waals surface area contributed by atoms with Crippen LogP contribution in [0.4, 0.5) is 5.69 Å². The molecule has 0 amide bonds. The molecule has 2 heterocycles. The molecule has 39 heavy (non-hydrogen) atoms. The van der Waals surface area contributed by atoms with Crippen molar-refractivity contribution in [3.05, 3.63) is 89.8 Å². The highest BCUT2D eigenvalue weighted by Gasteiger charge is 2.39. The molecular weight excluding hydrogens is 512 g/mol. The van der Waals surface area contributed by atoms with Crippen molar-refractivity contribution in [2.45, 2.75) is 57.9 Å². The molecule has 8 heteroatoms. The van der Waals surface area contributed by atoms with Gasteiger partial charge in [-0.15, -0.1) is 0 Å². The maximum atomic E-state index is 11.2. The molecule has 4 rings (SSSR count). The molecule has 1 aromatic heterocycles. The van der Waals surface area contributed by atoms with Gasteiger partial charge in [-0.25, -0.2) is 0 Å². The molecule has 2 N–H and O–H groups in total. The van der Waals surface area contributed by atoms with E-state index in [1.54, 1.807) is 0 Å². The van der Waals surface area contributed by atoms with E-state index in [4.69, 9.17) is 9.66 Å². The van der Waals surface area contributed by atoms with E-state index < -0.39 is 16.1 Å². The number of carboxylic acid groups (broad SMARTS) is 1. The van der Waals surface area contributed by atoms with E-state index in [-0.39, 0.29) is 17.6 Å². The van der Waals surface area contributed by atoms with Crippen molar-refractivity contribution in [1.82, 2.24) is 0 Å². The lowest BCUT2D eigenvalue weighted by Crippen LogP contribution is -2.35. The second-order valence-corrected chi connectivity index (χ2v) is 12.1. The van der Waals surface area contributed by atoms with Crippen molar-refractivity contribution in [3.8, 4) is 0 Å². The van der Waals surface area contributed by atoms with E-state index in [9.17, 15) is 13.2 Å². The fourth-order valence-corrected chi connectivity index (χ4v) is 5.88. The van der Waals surface area contributed by atoms with E-state index in [0.717, 1.165) is 35.9 Å². The number of unbranched alkanes of at least 4 members (excludes halogenated alkanes) is 2. The SMILES string of the molecule is CC1(C)/C(=C\C=C\c2cc3ccccc3[n+](CCCS(=O)(=O)O)c2)N(CCCCCC(=O)O)c2ccccc21. The van der Waals surface area contributed by atoms with E-state index in [1.165, 1.54) is 16.9 Å². The lowest BCUT2D eigenvalue weighted by Gasteiger charge is -2.27. The van der Waals surface area contributed by atoms with Crippen molar-refractivity contribution in [1.29, 1.82) is 0 Å². The van der Waals surface area contributed by atoms with Crippen molar-refractivity contribution in [3.63, 3.8) is 0 Å². The number of pyridine rings is 1. The summed E-state index contributed by atoms with van der Waals surface area (Å²) in [5.41, 5.74) is 5.48. The van der Waals surface area contributed by atoms with Crippen LogP contribution in [0.15, 0.2) is 78.6 Å². The first-order valence-corrected chi connectivity index (χ1v) is 15.0. The Kier molecular flexibility index (Phi) is 8.87. The summed E-state index contributed by atoms with van der Waals surface area (Å²) in [6, 6.07) is 18.5. The van der Waals surface area contributed by atoms with Crippen LogP contribution in [0.2, 0.25) is 0 Å². The van der Waals surface area contributed by atoms with Gasteiger partial charge in [0.25, 0.3) is 10.1 Å². The molecule has 0 radical (unpaired) electrons. The largest absolute Gasteiger partial charge is 0.481 e. The van der Waals surface area contributed by atoms with Gasteiger partial charge in [-0.05, 0) is 48.8 Å². The number of carbonyl (C=O) groups is 1. The average Bonchev–Trinajstić information content (AvgIpc) is 3.09. The summed E-state index contributed by atoms with van der Waals surface area (Å²) >= 11 is 0. The highest BCUT2D eigenvalue weighted by molar-refractivity contribution is 7.85. The Morgan fingerprint density at radius 1 is 1.03 bits per heavy atom. The molecule has 0 saturated heterocycles. The predicted octanol–water partition coefficient (Wildman–Crippen LogP) is 5.75. The van der Waals surface area contributed by atoms with Crippen molar-refractivity contribution < 1.29 is 27.4 Å². The number of benzene rings is 2. The topological polar surface area (TPSA) is 98.8 Å².